The van der Waals surface area contributed by atoms with Crippen molar-refractivity contribution in [3.63, 3.8) is 0 Å². The van der Waals surface area contributed by atoms with Crippen LogP contribution in [0.5, 0.6) is 0 Å². The molecule has 0 N–H and O–H groups in total. The molecule has 1 rings (SSSR count). The third-order valence-corrected chi connectivity index (χ3v) is 1.05. The van der Waals surface area contributed by atoms with Gasteiger partial charge in [0.2, 0.25) is 0 Å². The van der Waals surface area contributed by atoms with Crippen LogP contribution in [0.1, 0.15) is 13.3 Å². The van der Waals surface area contributed by atoms with E-state index >= 15 is 0 Å². The van der Waals surface area contributed by atoms with Crippen molar-refractivity contribution in [1.29, 1.82) is 0 Å². The van der Waals surface area contributed by atoms with Crippen LogP contribution in [-0.4, -0.2) is 6.61 Å². The molecule has 0 aromatic rings. The van der Waals surface area contributed by atoms with Crippen LogP contribution >= 0.6 is 0 Å². The lowest BCUT2D eigenvalue weighted by Gasteiger charge is -1.97. The summed E-state index contributed by atoms with van der Waals surface area (Å²) >= 11 is 0. The van der Waals surface area contributed by atoms with Crippen LogP contribution in [0.3, 0.4) is 0 Å². The van der Waals surface area contributed by atoms with Crippen LogP contribution in [0, 0.1) is 0 Å². The van der Waals surface area contributed by atoms with E-state index < -0.39 is 0 Å². The summed E-state index contributed by atoms with van der Waals surface area (Å²) < 4.78 is 5.18. The van der Waals surface area contributed by atoms with Gasteiger partial charge in [-0.05, 0) is 25.5 Å². The molecule has 1 aliphatic carbocycles. The average molecular weight is 110 g/mol. The van der Waals surface area contributed by atoms with E-state index in [4.69, 9.17) is 4.74 Å². The molecule has 44 valence electrons. The van der Waals surface area contributed by atoms with Crippen LogP contribution in [0.4, 0.5) is 0 Å². The van der Waals surface area contributed by atoms with Gasteiger partial charge in [0.05, 0.1) is 6.61 Å². The first-order valence-electron chi connectivity index (χ1n) is 2.93. The fraction of sp³-hybridized carbons (Fsp3) is 0.429. The van der Waals surface area contributed by atoms with Crippen LogP contribution in [0.25, 0.3) is 0 Å². The standard InChI is InChI=1S/C7H10O/c1-2-8-7-5-3-4-6-7/h3,5-6H,2,4H2,1H3. The second-order valence-corrected chi connectivity index (χ2v) is 1.68. The van der Waals surface area contributed by atoms with E-state index in [9.17, 15) is 0 Å². The average Bonchev–Trinajstić information content (AvgIpc) is 2.19. The van der Waals surface area contributed by atoms with Crippen molar-refractivity contribution < 1.29 is 4.74 Å². The predicted octanol–water partition coefficient (Wildman–Crippen LogP) is 1.87. The summed E-state index contributed by atoms with van der Waals surface area (Å²) in [5.41, 5.74) is 0. The van der Waals surface area contributed by atoms with Crippen molar-refractivity contribution in [3.05, 3.63) is 24.0 Å². The Morgan fingerprint density at radius 1 is 1.75 bits per heavy atom. The van der Waals surface area contributed by atoms with Gasteiger partial charge >= 0.3 is 0 Å². The molecular formula is C7H10O. The van der Waals surface area contributed by atoms with E-state index in [-0.39, 0.29) is 0 Å². The monoisotopic (exact) mass is 110 g/mol. The molecule has 0 aliphatic heterocycles. The quantitative estimate of drug-likeness (QED) is 0.527. The highest BCUT2D eigenvalue weighted by molar-refractivity contribution is 5.20. The molecular weight excluding hydrogens is 100 g/mol. The number of allylic oxidation sites excluding steroid dienone is 3. The van der Waals surface area contributed by atoms with E-state index in [0.717, 1.165) is 18.8 Å². The summed E-state index contributed by atoms with van der Waals surface area (Å²) in [5.74, 6) is 1.02. The second-order valence-electron chi connectivity index (χ2n) is 1.68. The molecule has 0 heterocycles. The van der Waals surface area contributed by atoms with Crippen molar-refractivity contribution in [3.8, 4) is 0 Å². The normalized spacial score (nSPS) is 16.4. The highest BCUT2D eigenvalue weighted by Gasteiger charge is 1.93. The smallest absolute Gasteiger partial charge is 0.115 e. The first-order chi connectivity index (χ1) is 3.93. The molecule has 1 heteroatoms. The van der Waals surface area contributed by atoms with E-state index in [1.807, 2.05) is 13.0 Å². The predicted molar refractivity (Wildman–Crippen MR) is 33.5 cm³/mol. The summed E-state index contributed by atoms with van der Waals surface area (Å²) in [5, 5.41) is 0. The number of rotatable bonds is 2. The van der Waals surface area contributed by atoms with Crippen molar-refractivity contribution in [2.24, 2.45) is 0 Å². The van der Waals surface area contributed by atoms with Crippen LogP contribution in [0.2, 0.25) is 0 Å². The SMILES string of the molecule is CCOC1=CCC=C1. The molecule has 0 aromatic heterocycles. The van der Waals surface area contributed by atoms with Crippen molar-refractivity contribution in [2.75, 3.05) is 6.61 Å². The third kappa shape index (κ3) is 1.12. The van der Waals surface area contributed by atoms with Crippen LogP contribution in [-0.2, 0) is 4.74 Å². The maximum atomic E-state index is 5.18. The van der Waals surface area contributed by atoms with E-state index in [0.29, 0.717) is 0 Å². The molecule has 0 fully saturated rings. The molecule has 0 saturated heterocycles. The van der Waals surface area contributed by atoms with Gasteiger partial charge in [-0.15, -0.1) is 0 Å². The molecule has 0 atom stereocenters. The molecule has 0 radical (unpaired) electrons. The highest BCUT2D eigenvalue weighted by Crippen LogP contribution is 2.08. The first-order valence-corrected chi connectivity index (χ1v) is 2.93. The molecule has 0 amide bonds. The largest absolute Gasteiger partial charge is 0.494 e. The van der Waals surface area contributed by atoms with Gasteiger partial charge in [-0.3, -0.25) is 0 Å². The van der Waals surface area contributed by atoms with Crippen LogP contribution < -0.4 is 0 Å². The maximum Gasteiger partial charge on any atom is 0.115 e. The van der Waals surface area contributed by atoms with Gasteiger partial charge < -0.3 is 4.74 Å². The highest BCUT2D eigenvalue weighted by atomic mass is 16.5. The minimum Gasteiger partial charge on any atom is -0.494 e. The van der Waals surface area contributed by atoms with Crippen LogP contribution in [0.15, 0.2) is 24.0 Å². The lowest BCUT2D eigenvalue weighted by Crippen LogP contribution is -1.83. The zero-order valence-corrected chi connectivity index (χ0v) is 5.05. The van der Waals surface area contributed by atoms with Gasteiger partial charge in [-0.1, -0.05) is 6.08 Å². The Bertz CT molecular complexity index is 122. The fourth-order valence-corrected chi connectivity index (χ4v) is 0.710. The Morgan fingerprint density at radius 3 is 3.12 bits per heavy atom. The Hall–Kier alpha value is -0.720. The topological polar surface area (TPSA) is 9.23 Å². The van der Waals surface area contributed by atoms with E-state index in [1.165, 1.54) is 0 Å². The Kier molecular flexibility index (Phi) is 1.73. The molecule has 8 heavy (non-hydrogen) atoms. The third-order valence-electron chi connectivity index (χ3n) is 1.05. The first kappa shape index (κ1) is 5.42. The summed E-state index contributed by atoms with van der Waals surface area (Å²) in [7, 11) is 0. The van der Waals surface area contributed by atoms with Crippen molar-refractivity contribution in [1.82, 2.24) is 0 Å². The van der Waals surface area contributed by atoms with E-state index in [1.54, 1.807) is 0 Å². The minimum absolute atomic E-state index is 0.774. The number of hydrogen-bond donors (Lipinski definition) is 0. The van der Waals surface area contributed by atoms with E-state index in [2.05, 4.69) is 12.2 Å². The lowest BCUT2D eigenvalue weighted by atomic mass is 10.5. The van der Waals surface area contributed by atoms with Crippen molar-refractivity contribution in [2.45, 2.75) is 13.3 Å². The summed E-state index contributed by atoms with van der Waals surface area (Å²) in [6.07, 6.45) is 7.20. The Labute approximate surface area is 49.7 Å². The van der Waals surface area contributed by atoms with Gasteiger partial charge in [0.1, 0.15) is 5.76 Å². The zero-order chi connectivity index (χ0) is 5.82. The van der Waals surface area contributed by atoms with Gasteiger partial charge in [0.15, 0.2) is 0 Å². The Morgan fingerprint density at radius 2 is 2.62 bits per heavy atom. The summed E-state index contributed by atoms with van der Waals surface area (Å²) in [6.45, 7) is 2.77. The second kappa shape index (κ2) is 2.55. The summed E-state index contributed by atoms with van der Waals surface area (Å²) in [6, 6.07) is 0. The minimum atomic E-state index is 0.774. The molecule has 0 bridgehead atoms. The molecule has 0 aromatic carbocycles. The summed E-state index contributed by atoms with van der Waals surface area (Å²) in [4.78, 5) is 0. The van der Waals surface area contributed by atoms with Gasteiger partial charge in [0.25, 0.3) is 0 Å². The number of ether oxygens (including phenoxy) is 1. The zero-order valence-electron chi connectivity index (χ0n) is 5.05. The van der Waals surface area contributed by atoms with Gasteiger partial charge in [0, 0.05) is 0 Å². The number of hydrogen-bond acceptors (Lipinski definition) is 1. The molecule has 1 aliphatic rings. The molecule has 0 saturated carbocycles. The Balaban J connectivity index is 2.34. The molecule has 0 unspecified atom stereocenters. The molecule has 0 spiro atoms. The lowest BCUT2D eigenvalue weighted by molar-refractivity contribution is 0.243. The molecule has 1 nitrogen and oxygen atoms in total. The fourth-order valence-electron chi connectivity index (χ4n) is 0.710. The van der Waals surface area contributed by atoms with Gasteiger partial charge in [-0.2, -0.15) is 0 Å². The van der Waals surface area contributed by atoms with Crippen molar-refractivity contribution >= 4 is 0 Å². The maximum absolute atomic E-state index is 5.18. The van der Waals surface area contributed by atoms with Gasteiger partial charge in [-0.25, -0.2) is 0 Å².